The van der Waals surface area contributed by atoms with Crippen molar-refractivity contribution in [2.24, 2.45) is 0 Å². The van der Waals surface area contributed by atoms with Crippen LogP contribution in [0.25, 0.3) is 0 Å². The molecule has 2 aromatic rings. The van der Waals surface area contributed by atoms with E-state index in [0.29, 0.717) is 4.90 Å². The monoisotopic (exact) mass is 374 g/mol. The highest BCUT2D eigenvalue weighted by Gasteiger charge is 2.29. The fourth-order valence-corrected chi connectivity index (χ4v) is 4.64. The number of benzene rings is 2. The molecule has 1 saturated carbocycles. The van der Waals surface area contributed by atoms with Crippen molar-refractivity contribution in [2.75, 3.05) is 12.4 Å². The zero-order valence-corrected chi connectivity index (χ0v) is 16.1. The first-order valence-corrected chi connectivity index (χ1v) is 10.5. The van der Waals surface area contributed by atoms with E-state index in [2.05, 4.69) is 10.0 Å². The standard InChI is InChI=1S/C20H26N2O3S/c1-15-7-13-18(14-8-15)26(23,24)22-20-6-4-3-5-19(20)21-16-9-11-17(25-2)12-10-16/h7-14,19-22H,3-6H2,1-2H3/t19-,20-/m1/s1. The number of rotatable bonds is 6. The summed E-state index contributed by atoms with van der Waals surface area (Å²) in [5.74, 6) is 0.802. The van der Waals surface area contributed by atoms with Crippen LogP contribution in [0.3, 0.4) is 0 Å². The average molecular weight is 375 g/mol. The maximum absolute atomic E-state index is 12.7. The molecule has 1 aliphatic carbocycles. The van der Waals surface area contributed by atoms with Crippen LogP contribution in [0, 0.1) is 6.92 Å². The maximum atomic E-state index is 12.7. The lowest BCUT2D eigenvalue weighted by Crippen LogP contribution is -2.48. The van der Waals surface area contributed by atoms with Gasteiger partial charge in [0.25, 0.3) is 0 Å². The molecule has 1 aliphatic rings. The van der Waals surface area contributed by atoms with E-state index in [1.807, 2.05) is 43.3 Å². The number of hydrogen-bond donors (Lipinski definition) is 2. The average Bonchev–Trinajstić information content (AvgIpc) is 2.64. The molecule has 140 valence electrons. The van der Waals surface area contributed by atoms with Gasteiger partial charge in [0.2, 0.25) is 10.0 Å². The van der Waals surface area contributed by atoms with Crippen molar-refractivity contribution in [3.8, 4) is 5.75 Å². The molecule has 0 aliphatic heterocycles. The Kier molecular flexibility index (Phi) is 5.84. The molecule has 3 rings (SSSR count). The Morgan fingerprint density at radius 3 is 2.15 bits per heavy atom. The Morgan fingerprint density at radius 1 is 0.923 bits per heavy atom. The van der Waals surface area contributed by atoms with Gasteiger partial charge in [-0.3, -0.25) is 0 Å². The Morgan fingerprint density at radius 2 is 1.54 bits per heavy atom. The van der Waals surface area contributed by atoms with Crippen molar-refractivity contribution in [3.05, 3.63) is 54.1 Å². The molecular weight excluding hydrogens is 348 g/mol. The van der Waals surface area contributed by atoms with Gasteiger partial charge in [0.15, 0.2) is 0 Å². The summed E-state index contributed by atoms with van der Waals surface area (Å²) >= 11 is 0. The fourth-order valence-electron chi connectivity index (χ4n) is 3.33. The lowest BCUT2D eigenvalue weighted by Gasteiger charge is -2.33. The Bertz CT molecular complexity index is 817. The first-order chi connectivity index (χ1) is 12.5. The van der Waals surface area contributed by atoms with Crippen molar-refractivity contribution < 1.29 is 13.2 Å². The van der Waals surface area contributed by atoms with Gasteiger partial charge in [0.1, 0.15) is 5.75 Å². The molecule has 2 aromatic carbocycles. The molecule has 0 radical (unpaired) electrons. The highest BCUT2D eigenvalue weighted by atomic mass is 32.2. The van der Waals surface area contributed by atoms with Crippen LogP contribution in [0.5, 0.6) is 5.75 Å². The minimum Gasteiger partial charge on any atom is -0.497 e. The largest absolute Gasteiger partial charge is 0.497 e. The lowest BCUT2D eigenvalue weighted by atomic mass is 9.91. The summed E-state index contributed by atoms with van der Waals surface area (Å²) in [6, 6.07) is 14.6. The zero-order valence-electron chi connectivity index (χ0n) is 15.2. The van der Waals surface area contributed by atoms with E-state index in [0.717, 1.165) is 42.7 Å². The SMILES string of the molecule is COc1ccc(N[C@@H]2CCCC[C@H]2NS(=O)(=O)c2ccc(C)cc2)cc1. The predicted molar refractivity (Wildman–Crippen MR) is 104 cm³/mol. The van der Waals surface area contributed by atoms with E-state index in [1.165, 1.54) is 0 Å². The third-order valence-electron chi connectivity index (χ3n) is 4.85. The summed E-state index contributed by atoms with van der Waals surface area (Å²) in [4.78, 5) is 0.317. The number of methoxy groups -OCH3 is 1. The lowest BCUT2D eigenvalue weighted by molar-refractivity contribution is 0.378. The molecule has 1 fully saturated rings. The summed E-state index contributed by atoms with van der Waals surface area (Å²) < 4.78 is 33.6. The van der Waals surface area contributed by atoms with Crippen LogP contribution < -0.4 is 14.8 Å². The number of anilines is 1. The van der Waals surface area contributed by atoms with Crippen molar-refractivity contribution in [1.82, 2.24) is 4.72 Å². The molecule has 5 nitrogen and oxygen atoms in total. The van der Waals surface area contributed by atoms with Crippen LogP contribution in [-0.2, 0) is 10.0 Å². The van der Waals surface area contributed by atoms with Gasteiger partial charge in [-0.1, -0.05) is 30.5 Å². The summed E-state index contributed by atoms with van der Waals surface area (Å²) in [5.41, 5.74) is 2.01. The molecule has 26 heavy (non-hydrogen) atoms. The first kappa shape index (κ1) is 18.7. The van der Waals surface area contributed by atoms with Crippen LogP contribution in [0.2, 0.25) is 0 Å². The molecule has 0 heterocycles. The second kappa shape index (κ2) is 8.10. The number of ether oxygens (including phenoxy) is 1. The van der Waals surface area contributed by atoms with Crippen LogP contribution >= 0.6 is 0 Å². The van der Waals surface area contributed by atoms with Crippen LogP contribution in [0.15, 0.2) is 53.4 Å². The van der Waals surface area contributed by atoms with E-state index in [4.69, 9.17) is 4.74 Å². The predicted octanol–water partition coefficient (Wildman–Crippen LogP) is 3.71. The van der Waals surface area contributed by atoms with Crippen LogP contribution in [0.4, 0.5) is 5.69 Å². The van der Waals surface area contributed by atoms with Crippen molar-refractivity contribution >= 4 is 15.7 Å². The number of sulfonamides is 1. The zero-order chi connectivity index (χ0) is 18.6. The van der Waals surface area contributed by atoms with Gasteiger partial charge in [-0.25, -0.2) is 13.1 Å². The summed E-state index contributed by atoms with van der Waals surface area (Å²) in [6.07, 6.45) is 3.89. The second-order valence-corrected chi connectivity index (χ2v) is 8.52. The minimum atomic E-state index is -3.52. The van der Waals surface area contributed by atoms with Crippen molar-refractivity contribution in [2.45, 2.75) is 49.6 Å². The normalized spacial score (nSPS) is 20.5. The van der Waals surface area contributed by atoms with Crippen molar-refractivity contribution in [1.29, 1.82) is 0 Å². The molecule has 0 aromatic heterocycles. The minimum absolute atomic E-state index is 0.0670. The van der Waals surface area contributed by atoms with E-state index in [9.17, 15) is 8.42 Å². The third kappa shape index (κ3) is 4.56. The molecule has 0 amide bonds. The summed E-state index contributed by atoms with van der Waals surface area (Å²) in [6.45, 7) is 1.94. The molecule has 0 unspecified atom stereocenters. The van der Waals surface area contributed by atoms with Gasteiger partial charge in [-0.15, -0.1) is 0 Å². The number of nitrogens with one attached hydrogen (secondary N) is 2. The van der Waals surface area contributed by atoms with Gasteiger partial charge < -0.3 is 10.1 Å². The Labute approximate surface area is 155 Å². The molecule has 0 bridgehead atoms. The number of hydrogen-bond acceptors (Lipinski definition) is 4. The van der Waals surface area contributed by atoms with Crippen LogP contribution in [0.1, 0.15) is 31.2 Å². The Hall–Kier alpha value is -2.05. The highest BCUT2D eigenvalue weighted by Crippen LogP contribution is 2.25. The van der Waals surface area contributed by atoms with Gasteiger partial charge in [0.05, 0.1) is 12.0 Å². The Balaban J connectivity index is 1.72. The molecule has 6 heteroatoms. The smallest absolute Gasteiger partial charge is 0.240 e. The molecular formula is C20H26N2O3S. The molecule has 2 N–H and O–H groups in total. The fraction of sp³-hybridized carbons (Fsp3) is 0.400. The van der Waals surface area contributed by atoms with Crippen LogP contribution in [-0.4, -0.2) is 27.6 Å². The van der Waals surface area contributed by atoms with Gasteiger partial charge in [-0.2, -0.15) is 0 Å². The quantitative estimate of drug-likeness (QED) is 0.809. The van der Waals surface area contributed by atoms with E-state index in [-0.39, 0.29) is 12.1 Å². The topological polar surface area (TPSA) is 67.4 Å². The summed E-state index contributed by atoms with van der Waals surface area (Å²) in [5, 5.41) is 3.48. The van der Waals surface area contributed by atoms with E-state index >= 15 is 0 Å². The third-order valence-corrected chi connectivity index (χ3v) is 6.35. The van der Waals surface area contributed by atoms with E-state index in [1.54, 1.807) is 19.2 Å². The molecule has 0 spiro atoms. The molecule has 2 atom stereocenters. The highest BCUT2D eigenvalue weighted by molar-refractivity contribution is 7.89. The molecule has 0 saturated heterocycles. The second-order valence-electron chi connectivity index (χ2n) is 6.80. The number of aryl methyl sites for hydroxylation is 1. The summed E-state index contributed by atoms with van der Waals surface area (Å²) in [7, 11) is -1.88. The maximum Gasteiger partial charge on any atom is 0.240 e. The van der Waals surface area contributed by atoms with Crippen molar-refractivity contribution in [3.63, 3.8) is 0 Å². The van der Waals surface area contributed by atoms with E-state index < -0.39 is 10.0 Å². The van der Waals surface area contributed by atoms with Gasteiger partial charge in [-0.05, 0) is 56.2 Å². The van der Waals surface area contributed by atoms with Gasteiger partial charge in [0, 0.05) is 17.8 Å². The first-order valence-electron chi connectivity index (χ1n) is 8.97. The van der Waals surface area contributed by atoms with Gasteiger partial charge >= 0.3 is 0 Å².